The van der Waals surface area contributed by atoms with Crippen LogP contribution < -0.4 is 5.73 Å². The molecule has 0 aromatic heterocycles. The molecule has 2 N–H and O–H groups in total. The normalized spacial score (nSPS) is 13.8. The Morgan fingerprint density at radius 2 is 2.06 bits per heavy atom. The van der Waals surface area contributed by atoms with Crippen molar-refractivity contribution in [2.24, 2.45) is 5.73 Å². The molecule has 0 saturated carbocycles. The van der Waals surface area contributed by atoms with Crippen LogP contribution in [0, 0.1) is 0 Å². The van der Waals surface area contributed by atoms with E-state index in [-0.39, 0.29) is 6.04 Å². The molecule has 18 heavy (non-hydrogen) atoms. The van der Waals surface area contributed by atoms with Gasteiger partial charge >= 0.3 is 0 Å². The molecule has 0 aliphatic rings. The van der Waals surface area contributed by atoms with Crippen LogP contribution in [0.1, 0.15) is 32.3 Å². The standard InChI is InChI=1S/C13H22N2O2S/c1-4-6-11(2)15(3)18(16,17)13-8-5-7-12(9-13)10-14/h5,7-9,11H,4,6,10,14H2,1-3H3. The van der Waals surface area contributed by atoms with Crippen LogP contribution >= 0.6 is 0 Å². The van der Waals surface area contributed by atoms with Crippen LogP contribution in [0.15, 0.2) is 29.2 Å². The number of hydrogen-bond acceptors (Lipinski definition) is 3. The molecule has 0 bridgehead atoms. The highest BCUT2D eigenvalue weighted by molar-refractivity contribution is 7.89. The van der Waals surface area contributed by atoms with E-state index in [0.717, 1.165) is 18.4 Å². The molecular formula is C13H22N2O2S. The van der Waals surface area contributed by atoms with Crippen molar-refractivity contribution in [3.8, 4) is 0 Å². The van der Waals surface area contributed by atoms with Crippen molar-refractivity contribution in [1.82, 2.24) is 4.31 Å². The molecule has 1 unspecified atom stereocenters. The van der Waals surface area contributed by atoms with Gasteiger partial charge in [0.2, 0.25) is 10.0 Å². The SMILES string of the molecule is CCCC(C)N(C)S(=O)(=O)c1cccc(CN)c1. The monoisotopic (exact) mass is 270 g/mol. The first-order chi connectivity index (χ1) is 8.43. The molecule has 1 aromatic carbocycles. The quantitative estimate of drug-likeness (QED) is 0.859. The van der Waals surface area contributed by atoms with Crippen molar-refractivity contribution in [3.63, 3.8) is 0 Å². The predicted molar refractivity (Wildman–Crippen MR) is 73.7 cm³/mol. The molecule has 0 fully saturated rings. The predicted octanol–water partition coefficient (Wildman–Crippen LogP) is 1.95. The van der Waals surface area contributed by atoms with Gasteiger partial charge in [0.1, 0.15) is 0 Å². The first kappa shape index (κ1) is 15.1. The zero-order valence-electron chi connectivity index (χ0n) is 11.3. The molecule has 1 atom stereocenters. The average molecular weight is 270 g/mol. The summed E-state index contributed by atoms with van der Waals surface area (Å²) < 4.78 is 26.2. The highest BCUT2D eigenvalue weighted by atomic mass is 32.2. The summed E-state index contributed by atoms with van der Waals surface area (Å²) in [4.78, 5) is 0.316. The van der Waals surface area contributed by atoms with Crippen molar-refractivity contribution >= 4 is 10.0 Å². The van der Waals surface area contributed by atoms with E-state index in [1.54, 1.807) is 25.2 Å². The number of sulfonamides is 1. The first-order valence-electron chi connectivity index (χ1n) is 6.20. The zero-order chi connectivity index (χ0) is 13.8. The molecule has 5 heteroatoms. The summed E-state index contributed by atoms with van der Waals surface area (Å²) in [7, 11) is -1.79. The minimum atomic E-state index is -3.42. The fourth-order valence-electron chi connectivity index (χ4n) is 1.84. The summed E-state index contributed by atoms with van der Waals surface area (Å²) >= 11 is 0. The fraction of sp³-hybridized carbons (Fsp3) is 0.538. The Morgan fingerprint density at radius 3 is 2.61 bits per heavy atom. The molecule has 102 valence electrons. The smallest absolute Gasteiger partial charge is 0.243 e. The first-order valence-corrected chi connectivity index (χ1v) is 7.64. The Hall–Kier alpha value is -0.910. The average Bonchev–Trinajstić information content (AvgIpc) is 2.38. The summed E-state index contributed by atoms with van der Waals surface area (Å²) in [6, 6.07) is 6.82. The minimum absolute atomic E-state index is 0.00142. The van der Waals surface area contributed by atoms with Crippen LogP contribution in [0.25, 0.3) is 0 Å². The lowest BCUT2D eigenvalue weighted by molar-refractivity contribution is 0.368. The lowest BCUT2D eigenvalue weighted by Crippen LogP contribution is -2.35. The summed E-state index contributed by atoms with van der Waals surface area (Å²) in [5.41, 5.74) is 6.36. The Kier molecular flexibility index (Phi) is 5.31. The van der Waals surface area contributed by atoms with E-state index in [0.29, 0.717) is 11.4 Å². The van der Waals surface area contributed by atoms with Crippen LogP contribution in [0.3, 0.4) is 0 Å². The van der Waals surface area contributed by atoms with Gasteiger partial charge in [0.15, 0.2) is 0 Å². The van der Waals surface area contributed by atoms with E-state index < -0.39 is 10.0 Å². The second-order valence-electron chi connectivity index (χ2n) is 4.51. The molecule has 0 saturated heterocycles. The van der Waals surface area contributed by atoms with E-state index in [9.17, 15) is 8.42 Å². The zero-order valence-corrected chi connectivity index (χ0v) is 12.1. The van der Waals surface area contributed by atoms with Crippen molar-refractivity contribution < 1.29 is 8.42 Å². The molecule has 0 radical (unpaired) electrons. The topological polar surface area (TPSA) is 63.4 Å². The molecule has 0 heterocycles. The highest BCUT2D eigenvalue weighted by Crippen LogP contribution is 2.19. The van der Waals surface area contributed by atoms with E-state index in [2.05, 4.69) is 0 Å². The van der Waals surface area contributed by atoms with Crippen molar-refractivity contribution in [2.75, 3.05) is 7.05 Å². The fourth-order valence-corrected chi connectivity index (χ4v) is 3.30. The van der Waals surface area contributed by atoms with Gasteiger partial charge in [0, 0.05) is 19.6 Å². The van der Waals surface area contributed by atoms with Crippen LogP contribution in [-0.2, 0) is 16.6 Å². The number of benzene rings is 1. The third-order valence-corrected chi connectivity index (χ3v) is 5.11. The summed E-state index contributed by atoms with van der Waals surface area (Å²) in [5.74, 6) is 0. The van der Waals surface area contributed by atoms with Gasteiger partial charge in [-0.1, -0.05) is 25.5 Å². The van der Waals surface area contributed by atoms with E-state index in [4.69, 9.17) is 5.73 Å². The Morgan fingerprint density at radius 1 is 1.39 bits per heavy atom. The van der Waals surface area contributed by atoms with Gasteiger partial charge < -0.3 is 5.73 Å². The van der Waals surface area contributed by atoms with Crippen molar-refractivity contribution in [2.45, 2.75) is 44.2 Å². The third-order valence-electron chi connectivity index (χ3n) is 3.14. The molecular weight excluding hydrogens is 248 g/mol. The summed E-state index contributed by atoms with van der Waals surface area (Å²) in [5, 5.41) is 0. The molecule has 4 nitrogen and oxygen atoms in total. The van der Waals surface area contributed by atoms with E-state index >= 15 is 0 Å². The van der Waals surface area contributed by atoms with Crippen LogP contribution in [-0.4, -0.2) is 25.8 Å². The van der Waals surface area contributed by atoms with Gasteiger partial charge in [-0.3, -0.25) is 0 Å². The highest BCUT2D eigenvalue weighted by Gasteiger charge is 2.24. The maximum atomic E-state index is 12.4. The lowest BCUT2D eigenvalue weighted by atomic mass is 10.2. The van der Waals surface area contributed by atoms with Crippen molar-refractivity contribution in [1.29, 1.82) is 0 Å². The summed E-state index contributed by atoms with van der Waals surface area (Å²) in [6.45, 7) is 4.32. The lowest BCUT2D eigenvalue weighted by Gasteiger charge is -2.24. The van der Waals surface area contributed by atoms with Gasteiger partial charge in [-0.15, -0.1) is 0 Å². The number of hydrogen-bond donors (Lipinski definition) is 1. The molecule has 0 aliphatic carbocycles. The summed E-state index contributed by atoms with van der Waals surface area (Å²) in [6.07, 6.45) is 1.82. The molecule has 0 amide bonds. The Balaban J connectivity index is 3.05. The number of nitrogens with zero attached hydrogens (tertiary/aromatic N) is 1. The minimum Gasteiger partial charge on any atom is -0.326 e. The second kappa shape index (κ2) is 6.31. The van der Waals surface area contributed by atoms with E-state index in [1.165, 1.54) is 4.31 Å². The van der Waals surface area contributed by atoms with Gasteiger partial charge in [-0.25, -0.2) is 8.42 Å². The van der Waals surface area contributed by atoms with Gasteiger partial charge in [0.25, 0.3) is 0 Å². The number of rotatable bonds is 6. The molecule has 0 spiro atoms. The maximum Gasteiger partial charge on any atom is 0.243 e. The van der Waals surface area contributed by atoms with Gasteiger partial charge in [0.05, 0.1) is 4.90 Å². The molecule has 1 aromatic rings. The van der Waals surface area contributed by atoms with Gasteiger partial charge in [-0.05, 0) is 31.0 Å². The maximum absolute atomic E-state index is 12.4. The third kappa shape index (κ3) is 3.31. The van der Waals surface area contributed by atoms with Crippen molar-refractivity contribution in [3.05, 3.63) is 29.8 Å². The second-order valence-corrected chi connectivity index (χ2v) is 6.51. The Labute approximate surface area is 110 Å². The molecule has 0 aliphatic heterocycles. The Bertz CT molecular complexity index is 486. The van der Waals surface area contributed by atoms with Crippen LogP contribution in [0.2, 0.25) is 0 Å². The number of nitrogens with two attached hydrogens (primary N) is 1. The largest absolute Gasteiger partial charge is 0.326 e. The van der Waals surface area contributed by atoms with E-state index in [1.807, 2.05) is 19.9 Å². The van der Waals surface area contributed by atoms with Crippen LogP contribution in [0.4, 0.5) is 0 Å². The molecule has 1 rings (SSSR count). The van der Waals surface area contributed by atoms with Gasteiger partial charge in [-0.2, -0.15) is 4.31 Å². The van der Waals surface area contributed by atoms with Crippen LogP contribution in [0.5, 0.6) is 0 Å².